The summed E-state index contributed by atoms with van der Waals surface area (Å²) < 4.78 is 6.48. The number of hydrogen-bond donors (Lipinski definition) is 0. The van der Waals surface area contributed by atoms with Crippen LogP contribution in [0.4, 0.5) is 0 Å². The monoisotopic (exact) mass is 254 g/mol. The first-order valence-electron chi connectivity index (χ1n) is 6.57. The molecule has 0 fully saturated rings. The molecule has 0 saturated heterocycles. The molecule has 0 aromatic carbocycles. The SMILES string of the molecule is C=CCC[C@H](O[Si](C)(C)C(C)(C)C)C(C)=CC. The van der Waals surface area contributed by atoms with Crippen molar-refractivity contribution in [3.05, 3.63) is 24.3 Å². The fraction of sp³-hybridized carbons (Fsp3) is 0.733. The largest absolute Gasteiger partial charge is 0.410 e. The summed E-state index contributed by atoms with van der Waals surface area (Å²) in [6.07, 6.45) is 6.47. The predicted octanol–water partition coefficient (Wildman–Crippen LogP) is 5.31. The summed E-state index contributed by atoms with van der Waals surface area (Å²) in [4.78, 5) is 0. The Morgan fingerprint density at radius 3 is 2.24 bits per heavy atom. The van der Waals surface area contributed by atoms with E-state index in [0.29, 0.717) is 0 Å². The normalized spacial score (nSPS) is 15.8. The molecule has 1 atom stereocenters. The van der Waals surface area contributed by atoms with Crippen molar-refractivity contribution in [2.45, 2.75) is 71.7 Å². The molecular weight excluding hydrogens is 224 g/mol. The molecule has 100 valence electrons. The van der Waals surface area contributed by atoms with Gasteiger partial charge in [0.25, 0.3) is 0 Å². The van der Waals surface area contributed by atoms with E-state index in [4.69, 9.17) is 4.43 Å². The Hall–Kier alpha value is -0.343. The summed E-state index contributed by atoms with van der Waals surface area (Å²) in [7, 11) is -1.67. The second kappa shape index (κ2) is 6.55. The van der Waals surface area contributed by atoms with Crippen molar-refractivity contribution in [1.29, 1.82) is 0 Å². The first-order chi connectivity index (χ1) is 7.65. The minimum Gasteiger partial charge on any atom is -0.410 e. The van der Waals surface area contributed by atoms with E-state index in [1.165, 1.54) is 5.57 Å². The Morgan fingerprint density at radius 2 is 1.88 bits per heavy atom. The van der Waals surface area contributed by atoms with E-state index < -0.39 is 8.32 Å². The standard InChI is InChI=1S/C15H30OSi/c1-9-11-12-14(13(3)10-2)16-17(7,8)15(4,5)6/h9-10,14H,1,11-12H2,2-8H3/t14-/m0/s1. The van der Waals surface area contributed by atoms with Crippen molar-refractivity contribution in [2.24, 2.45) is 0 Å². The van der Waals surface area contributed by atoms with Crippen LogP contribution in [-0.2, 0) is 4.43 Å². The van der Waals surface area contributed by atoms with E-state index in [0.717, 1.165) is 12.8 Å². The van der Waals surface area contributed by atoms with E-state index in [2.05, 4.69) is 60.4 Å². The first-order valence-corrected chi connectivity index (χ1v) is 9.48. The van der Waals surface area contributed by atoms with E-state index in [1.54, 1.807) is 0 Å². The molecule has 0 unspecified atom stereocenters. The van der Waals surface area contributed by atoms with Gasteiger partial charge in [0, 0.05) is 0 Å². The molecule has 1 nitrogen and oxygen atoms in total. The second-order valence-electron chi connectivity index (χ2n) is 6.27. The zero-order chi connectivity index (χ0) is 13.7. The van der Waals surface area contributed by atoms with Crippen LogP contribution in [0.25, 0.3) is 0 Å². The number of rotatable bonds is 6. The first kappa shape index (κ1) is 16.7. The maximum absolute atomic E-state index is 6.48. The molecule has 0 aromatic rings. The van der Waals surface area contributed by atoms with Crippen LogP contribution < -0.4 is 0 Å². The fourth-order valence-corrected chi connectivity index (χ4v) is 2.74. The highest BCUT2D eigenvalue weighted by molar-refractivity contribution is 6.74. The third kappa shape index (κ3) is 5.22. The van der Waals surface area contributed by atoms with E-state index in [9.17, 15) is 0 Å². The Bertz CT molecular complexity index is 271. The lowest BCUT2D eigenvalue weighted by Gasteiger charge is -2.39. The Labute approximate surface area is 109 Å². The number of hydrogen-bond acceptors (Lipinski definition) is 1. The Morgan fingerprint density at radius 1 is 1.35 bits per heavy atom. The van der Waals surface area contributed by atoms with Crippen LogP contribution in [0.5, 0.6) is 0 Å². The molecule has 0 rings (SSSR count). The van der Waals surface area contributed by atoms with Crippen molar-refractivity contribution in [3.63, 3.8) is 0 Å². The zero-order valence-electron chi connectivity index (χ0n) is 12.8. The van der Waals surface area contributed by atoms with Gasteiger partial charge >= 0.3 is 0 Å². The molecule has 0 N–H and O–H groups in total. The molecule has 0 aromatic heterocycles. The molecule has 0 aliphatic rings. The highest BCUT2D eigenvalue weighted by atomic mass is 28.4. The Kier molecular flexibility index (Phi) is 6.42. The van der Waals surface area contributed by atoms with E-state index in [-0.39, 0.29) is 11.1 Å². The second-order valence-corrected chi connectivity index (χ2v) is 11.0. The van der Waals surface area contributed by atoms with Crippen LogP contribution in [0.15, 0.2) is 24.3 Å². The molecule has 0 amide bonds. The third-order valence-corrected chi connectivity index (χ3v) is 8.33. The van der Waals surface area contributed by atoms with Gasteiger partial charge in [-0.15, -0.1) is 6.58 Å². The molecular formula is C15H30OSi. The molecule has 0 aliphatic carbocycles. The minimum atomic E-state index is -1.67. The minimum absolute atomic E-state index is 0.263. The summed E-state index contributed by atoms with van der Waals surface area (Å²) in [6, 6.07) is 0. The van der Waals surface area contributed by atoms with E-state index >= 15 is 0 Å². The molecule has 2 heteroatoms. The average Bonchev–Trinajstić information content (AvgIpc) is 2.21. The summed E-state index contributed by atoms with van der Waals surface area (Å²) in [5.41, 5.74) is 1.34. The third-order valence-electron chi connectivity index (χ3n) is 3.84. The lowest BCUT2D eigenvalue weighted by molar-refractivity contribution is 0.205. The molecule has 0 heterocycles. The van der Waals surface area contributed by atoms with Gasteiger partial charge in [-0.25, -0.2) is 0 Å². The van der Waals surface area contributed by atoms with Crippen LogP contribution >= 0.6 is 0 Å². The topological polar surface area (TPSA) is 9.23 Å². The van der Waals surface area contributed by atoms with Gasteiger partial charge in [-0.2, -0.15) is 0 Å². The van der Waals surface area contributed by atoms with Crippen molar-refractivity contribution in [2.75, 3.05) is 0 Å². The van der Waals surface area contributed by atoms with Crippen LogP contribution in [0.1, 0.15) is 47.5 Å². The summed E-state index contributed by atoms with van der Waals surface area (Å²) in [5.74, 6) is 0. The maximum Gasteiger partial charge on any atom is 0.192 e. The zero-order valence-corrected chi connectivity index (χ0v) is 13.8. The lowest BCUT2D eigenvalue weighted by Crippen LogP contribution is -2.44. The lowest BCUT2D eigenvalue weighted by atomic mass is 10.1. The highest BCUT2D eigenvalue weighted by Gasteiger charge is 2.39. The molecule has 17 heavy (non-hydrogen) atoms. The van der Waals surface area contributed by atoms with Crippen molar-refractivity contribution in [3.8, 4) is 0 Å². The van der Waals surface area contributed by atoms with Crippen molar-refractivity contribution in [1.82, 2.24) is 0 Å². The van der Waals surface area contributed by atoms with E-state index in [1.807, 2.05) is 6.08 Å². The van der Waals surface area contributed by atoms with Gasteiger partial charge in [-0.3, -0.25) is 0 Å². The molecule has 0 saturated carbocycles. The maximum atomic E-state index is 6.48. The van der Waals surface area contributed by atoms with Gasteiger partial charge in [-0.1, -0.05) is 38.5 Å². The van der Waals surface area contributed by atoms with Gasteiger partial charge in [0.05, 0.1) is 6.10 Å². The van der Waals surface area contributed by atoms with Gasteiger partial charge in [-0.05, 0) is 44.8 Å². The average molecular weight is 254 g/mol. The highest BCUT2D eigenvalue weighted by Crippen LogP contribution is 2.38. The van der Waals surface area contributed by atoms with Gasteiger partial charge in [0.1, 0.15) is 0 Å². The van der Waals surface area contributed by atoms with Crippen LogP contribution in [0, 0.1) is 0 Å². The van der Waals surface area contributed by atoms with Crippen LogP contribution in [0.3, 0.4) is 0 Å². The molecule has 0 bridgehead atoms. The van der Waals surface area contributed by atoms with Crippen LogP contribution in [0.2, 0.25) is 18.1 Å². The van der Waals surface area contributed by atoms with Gasteiger partial charge in [0.2, 0.25) is 0 Å². The fourth-order valence-electron chi connectivity index (χ4n) is 1.37. The van der Waals surface area contributed by atoms with Crippen molar-refractivity contribution >= 4 is 8.32 Å². The molecule has 0 spiro atoms. The summed E-state index contributed by atoms with van der Waals surface area (Å²) in [6.45, 7) is 19.5. The summed E-state index contributed by atoms with van der Waals surface area (Å²) >= 11 is 0. The van der Waals surface area contributed by atoms with Gasteiger partial charge < -0.3 is 4.43 Å². The quantitative estimate of drug-likeness (QED) is 0.461. The molecule has 0 aliphatic heterocycles. The molecule has 0 radical (unpaired) electrons. The predicted molar refractivity (Wildman–Crippen MR) is 80.9 cm³/mol. The van der Waals surface area contributed by atoms with Gasteiger partial charge in [0.15, 0.2) is 8.32 Å². The van der Waals surface area contributed by atoms with Crippen LogP contribution in [-0.4, -0.2) is 14.4 Å². The smallest absolute Gasteiger partial charge is 0.192 e. The number of allylic oxidation sites excluding steroid dienone is 2. The Balaban J connectivity index is 4.80. The summed E-state index contributed by atoms with van der Waals surface area (Å²) in [5, 5.41) is 0.271. The van der Waals surface area contributed by atoms with Crippen molar-refractivity contribution < 1.29 is 4.43 Å².